The van der Waals surface area contributed by atoms with Crippen molar-refractivity contribution in [3.63, 3.8) is 0 Å². The number of alkyl halides is 6. The first-order valence-electron chi connectivity index (χ1n) is 5.40. The normalized spacial score (nSPS) is 11.9. The van der Waals surface area contributed by atoms with Gasteiger partial charge in [0.2, 0.25) is 13.4 Å². The number of rotatable bonds is 7. The first-order valence-corrected chi connectivity index (χ1v) is 7.66. The van der Waals surface area contributed by atoms with Crippen LogP contribution in [0.5, 0.6) is 0 Å². The second-order valence-electron chi connectivity index (χ2n) is 3.74. The van der Waals surface area contributed by atoms with Crippen LogP contribution in [0, 0.1) is 0 Å². The summed E-state index contributed by atoms with van der Waals surface area (Å²) in [7, 11) is 0. The molecule has 0 spiro atoms. The van der Waals surface area contributed by atoms with Gasteiger partial charge in [-0.05, 0) is 6.42 Å². The van der Waals surface area contributed by atoms with Gasteiger partial charge < -0.3 is 9.47 Å². The Morgan fingerprint density at radius 1 is 0.762 bits per heavy atom. The molecule has 0 N–H and O–H groups in total. The predicted octanol–water partition coefficient (Wildman–Crippen LogP) is 3.55. The molecule has 0 fully saturated rings. The van der Waals surface area contributed by atoms with Crippen molar-refractivity contribution in [2.24, 2.45) is 0 Å². The summed E-state index contributed by atoms with van der Waals surface area (Å²) >= 11 is 32.2. The van der Waals surface area contributed by atoms with Crippen LogP contribution < -0.4 is 0 Å². The summed E-state index contributed by atoms with van der Waals surface area (Å²) in [5.74, 6) is -2.65. The van der Waals surface area contributed by atoms with Gasteiger partial charge in [-0.3, -0.25) is 9.59 Å². The van der Waals surface area contributed by atoms with E-state index >= 15 is 0 Å². The fourth-order valence-corrected chi connectivity index (χ4v) is 1.29. The largest absolute Gasteiger partial charge is 0.461 e. The summed E-state index contributed by atoms with van der Waals surface area (Å²) in [6.45, 7) is -0.955. The van der Waals surface area contributed by atoms with Gasteiger partial charge >= 0.3 is 11.9 Å². The van der Waals surface area contributed by atoms with Crippen molar-refractivity contribution in [3.8, 4) is 0 Å². The lowest BCUT2D eigenvalue weighted by Gasteiger charge is -2.11. The fourth-order valence-electron chi connectivity index (χ4n) is 0.958. The Hall–Kier alpha value is 0.350. The minimum atomic E-state index is -1.79. The van der Waals surface area contributed by atoms with Crippen molar-refractivity contribution in [1.82, 2.24) is 0 Å². The zero-order valence-electron chi connectivity index (χ0n) is 10.3. The summed E-state index contributed by atoms with van der Waals surface area (Å²) < 4.78 is 5.59. The van der Waals surface area contributed by atoms with E-state index in [0.29, 0.717) is 0 Å². The van der Waals surface area contributed by atoms with E-state index in [-0.39, 0.29) is 19.3 Å². The minimum absolute atomic E-state index is 0.0698. The monoisotopic (exact) mass is 420 g/mol. The van der Waals surface area contributed by atoms with E-state index in [4.69, 9.17) is 69.6 Å². The van der Waals surface area contributed by atoms with Crippen LogP contribution in [0.4, 0.5) is 0 Å². The van der Waals surface area contributed by atoms with E-state index in [0.717, 1.165) is 0 Å². The average molecular weight is 423 g/mol. The number of ether oxygens (including phenoxy) is 2. The molecule has 0 aromatic rings. The minimum Gasteiger partial charge on any atom is -0.461 e. The summed E-state index contributed by atoms with van der Waals surface area (Å²) in [5, 5.41) is 0. The number of hydrogen-bond donors (Lipinski definition) is 0. The average Bonchev–Trinajstić information content (AvgIpc) is 2.31. The number of hydrogen-bond acceptors (Lipinski definition) is 5. The van der Waals surface area contributed by atoms with Crippen LogP contribution in [0.1, 0.15) is 19.3 Å². The quantitative estimate of drug-likeness (QED) is 0.356. The number of carbonyl (C=O) groups excluding carboxylic acids is 3. The second kappa shape index (κ2) is 9.48. The third-order valence-electron chi connectivity index (χ3n) is 1.78. The Balaban J connectivity index is 3.88. The fraction of sp³-hybridized carbons (Fsp3) is 0.700. The molecule has 0 heterocycles. The first-order chi connectivity index (χ1) is 9.41. The molecular weight excluding hydrogens is 413 g/mol. The number of halogens is 6. The molecule has 0 amide bonds. The SMILES string of the molecule is O=C(CCCC(=O)C(=O)OCC(Cl)(Cl)Cl)OCC(Cl)(Cl)Cl. The van der Waals surface area contributed by atoms with Crippen molar-refractivity contribution < 1.29 is 23.9 Å². The van der Waals surface area contributed by atoms with E-state index in [2.05, 4.69) is 9.47 Å². The van der Waals surface area contributed by atoms with E-state index in [1.807, 2.05) is 0 Å². The highest BCUT2D eigenvalue weighted by Crippen LogP contribution is 2.26. The molecule has 0 aromatic carbocycles. The molecule has 0 rings (SSSR count). The van der Waals surface area contributed by atoms with E-state index < -0.39 is 38.5 Å². The van der Waals surface area contributed by atoms with Gasteiger partial charge in [0, 0.05) is 12.8 Å². The zero-order chi connectivity index (χ0) is 16.7. The van der Waals surface area contributed by atoms with Crippen LogP contribution in [0.15, 0.2) is 0 Å². The number of ketones is 1. The third kappa shape index (κ3) is 13.7. The van der Waals surface area contributed by atoms with Gasteiger partial charge in [0.25, 0.3) is 0 Å². The van der Waals surface area contributed by atoms with Gasteiger partial charge in [-0.1, -0.05) is 69.6 Å². The highest BCUT2D eigenvalue weighted by molar-refractivity contribution is 6.68. The molecule has 0 aliphatic rings. The van der Waals surface area contributed by atoms with Crippen LogP contribution in [0.2, 0.25) is 0 Å². The van der Waals surface area contributed by atoms with Crippen LogP contribution in [0.25, 0.3) is 0 Å². The van der Waals surface area contributed by atoms with Crippen molar-refractivity contribution >= 4 is 87.3 Å². The van der Waals surface area contributed by atoms with Crippen molar-refractivity contribution in [3.05, 3.63) is 0 Å². The van der Waals surface area contributed by atoms with Crippen LogP contribution in [-0.4, -0.2) is 38.5 Å². The molecule has 122 valence electrons. The number of carbonyl (C=O) groups is 3. The molecule has 0 atom stereocenters. The van der Waals surface area contributed by atoms with Gasteiger partial charge in [-0.15, -0.1) is 0 Å². The second-order valence-corrected chi connectivity index (χ2v) is 8.78. The first kappa shape index (κ1) is 21.4. The van der Waals surface area contributed by atoms with Crippen LogP contribution in [0.3, 0.4) is 0 Å². The molecule has 0 aromatic heterocycles. The van der Waals surface area contributed by atoms with Crippen LogP contribution >= 0.6 is 69.6 Å². The summed E-state index contributed by atoms with van der Waals surface area (Å²) in [6, 6.07) is 0. The lowest BCUT2D eigenvalue weighted by atomic mass is 10.2. The molecule has 0 radical (unpaired) electrons. The summed E-state index contributed by atoms with van der Waals surface area (Å²) in [4.78, 5) is 33.8. The van der Waals surface area contributed by atoms with E-state index in [1.165, 1.54) is 0 Å². The molecule has 0 unspecified atom stereocenters. The molecule has 0 aliphatic carbocycles. The lowest BCUT2D eigenvalue weighted by molar-refractivity contribution is -0.154. The standard InChI is InChI=1S/C10H10Cl6O5/c11-9(12,13)4-20-7(18)3-1-2-6(17)8(19)21-5-10(14,15)16/h1-5H2. The van der Waals surface area contributed by atoms with Crippen molar-refractivity contribution in [2.75, 3.05) is 13.2 Å². The molecule has 0 bridgehead atoms. The molecule has 11 heteroatoms. The highest BCUT2D eigenvalue weighted by Gasteiger charge is 2.25. The Kier molecular flexibility index (Phi) is 9.64. The molecular formula is C10H10Cl6O5. The topological polar surface area (TPSA) is 69.7 Å². The predicted molar refractivity (Wildman–Crippen MR) is 81.4 cm³/mol. The molecule has 0 saturated heterocycles. The zero-order valence-corrected chi connectivity index (χ0v) is 14.9. The van der Waals surface area contributed by atoms with Gasteiger partial charge in [-0.25, -0.2) is 4.79 Å². The molecule has 5 nitrogen and oxygen atoms in total. The molecule has 21 heavy (non-hydrogen) atoms. The maximum absolute atomic E-state index is 11.3. The van der Waals surface area contributed by atoms with Gasteiger partial charge in [0.15, 0.2) is 0 Å². The summed E-state index contributed by atoms with van der Waals surface area (Å²) in [6.07, 6.45) is -0.272. The number of Topliss-reactive ketones (excluding diaryl/α,β-unsaturated/α-hetero) is 1. The van der Waals surface area contributed by atoms with Crippen molar-refractivity contribution in [2.45, 2.75) is 26.8 Å². The number of esters is 2. The van der Waals surface area contributed by atoms with E-state index in [9.17, 15) is 14.4 Å². The van der Waals surface area contributed by atoms with Gasteiger partial charge in [0.05, 0.1) is 0 Å². The maximum atomic E-state index is 11.3. The Morgan fingerprint density at radius 2 is 1.24 bits per heavy atom. The summed E-state index contributed by atoms with van der Waals surface area (Å²) in [5.41, 5.74) is 0. The highest BCUT2D eigenvalue weighted by atomic mass is 35.6. The van der Waals surface area contributed by atoms with Crippen molar-refractivity contribution in [1.29, 1.82) is 0 Å². The van der Waals surface area contributed by atoms with Gasteiger partial charge in [0.1, 0.15) is 13.2 Å². The van der Waals surface area contributed by atoms with E-state index in [1.54, 1.807) is 0 Å². The Labute approximate surface area is 151 Å². The maximum Gasteiger partial charge on any atom is 0.374 e. The Morgan fingerprint density at radius 3 is 1.71 bits per heavy atom. The third-order valence-corrected chi connectivity index (χ3v) is 2.43. The smallest absolute Gasteiger partial charge is 0.374 e. The van der Waals surface area contributed by atoms with Crippen LogP contribution in [-0.2, 0) is 23.9 Å². The molecule has 0 saturated carbocycles. The lowest BCUT2D eigenvalue weighted by Crippen LogP contribution is -2.23. The Bertz CT molecular complexity index is 386. The van der Waals surface area contributed by atoms with Gasteiger partial charge in [-0.2, -0.15) is 0 Å². The molecule has 0 aliphatic heterocycles.